The normalized spacial score (nSPS) is 10.3. The molecule has 3 aromatic rings. The number of hydrogen-bond donors (Lipinski definition) is 4. The molecule has 0 fully saturated rings. The van der Waals surface area contributed by atoms with Gasteiger partial charge in [0.05, 0.1) is 11.3 Å². The summed E-state index contributed by atoms with van der Waals surface area (Å²) in [4.78, 5) is 19.7. The topological polar surface area (TPSA) is 105 Å². The molecule has 3 rings (SSSR count). The van der Waals surface area contributed by atoms with Gasteiger partial charge in [0.15, 0.2) is 11.6 Å². The molecule has 138 valence electrons. The van der Waals surface area contributed by atoms with Gasteiger partial charge in [-0.2, -0.15) is 0 Å². The van der Waals surface area contributed by atoms with Crippen molar-refractivity contribution in [1.82, 2.24) is 15.4 Å². The minimum Gasteiger partial charge on any atom is -0.393 e. The van der Waals surface area contributed by atoms with E-state index < -0.39 is 23.4 Å². The molecule has 7 nitrogen and oxygen atoms in total. The molecule has 0 unspecified atom stereocenters. The number of hydrogen-bond acceptors (Lipinski definition) is 6. The third-order valence-electron chi connectivity index (χ3n) is 3.48. The van der Waals surface area contributed by atoms with E-state index in [-0.39, 0.29) is 28.6 Å². The third-order valence-corrected chi connectivity index (χ3v) is 3.48. The smallest absolute Gasteiger partial charge is 0.272 e. The number of rotatable bonds is 5. The lowest BCUT2D eigenvalue weighted by molar-refractivity contribution is 0.0958. The molecule has 0 atom stereocenters. The first-order valence-electron chi connectivity index (χ1n) is 7.59. The van der Waals surface area contributed by atoms with Gasteiger partial charge >= 0.3 is 0 Å². The van der Waals surface area contributed by atoms with Gasteiger partial charge in [-0.05, 0) is 24.3 Å². The first kappa shape index (κ1) is 18.0. The van der Waals surface area contributed by atoms with Gasteiger partial charge in [-0.3, -0.25) is 15.6 Å². The summed E-state index contributed by atoms with van der Waals surface area (Å²) >= 11 is 0. The molecule has 2 aromatic carbocycles. The number of carbonyl (C=O) groups is 1. The summed E-state index contributed by atoms with van der Waals surface area (Å²) in [6.45, 7) is 0. The van der Waals surface area contributed by atoms with Gasteiger partial charge in [0, 0.05) is 6.07 Å². The first-order chi connectivity index (χ1) is 13.0. The summed E-state index contributed by atoms with van der Waals surface area (Å²) in [5, 5.41) is 2.61. The predicted octanol–water partition coefficient (Wildman–Crippen LogP) is 2.98. The minimum atomic E-state index is -0.838. The number of amides is 1. The Hall–Kier alpha value is -3.82. The molecular weight excluding hydrogens is 361 g/mol. The molecule has 0 saturated carbocycles. The van der Waals surface area contributed by atoms with Crippen LogP contribution in [0.4, 0.5) is 36.2 Å². The highest BCUT2D eigenvalue weighted by Gasteiger charge is 2.14. The van der Waals surface area contributed by atoms with Gasteiger partial charge in [-0.25, -0.2) is 23.1 Å². The number of nitrogens with zero attached hydrogens (tertiary/aromatic N) is 2. The average Bonchev–Trinajstić information content (AvgIpc) is 2.64. The van der Waals surface area contributed by atoms with Crippen LogP contribution < -0.4 is 21.9 Å². The van der Waals surface area contributed by atoms with Crippen LogP contribution in [0.2, 0.25) is 0 Å². The highest BCUT2D eigenvalue weighted by molar-refractivity contribution is 5.95. The SMILES string of the molecule is Nc1c(NNC(=O)c2ccccc2F)ncnc1Nc1ccc(F)cc1F. The van der Waals surface area contributed by atoms with Gasteiger partial charge < -0.3 is 11.1 Å². The van der Waals surface area contributed by atoms with E-state index in [4.69, 9.17) is 5.73 Å². The van der Waals surface area contributed by atoms with Crippen LogP contribution in [-0.2, 0) is 0 Å². The number of nitrogens with one attached hydrogen (secondary N) is 3. The second kappa shape index (κ2) is 7.60. The molecule has 0 spiro atoms. The van der Waals surface area contributed by atoms with Crippen LogP contribution in [0.15, 0.2) is 48.8 Å². The molecule has 0 saturated heterocycles. The van der Waals surface area contributed by atoms with Crippen molar-refractivity contribution < 1.29 is 18.0 Å². The summed E-state index contributed by atoms with van der Waals surface area (Å²) in [5.74, 6) is -2.98. The zero-order chi connectivity index (χ0) is 19.4. The second-order valence-corrected chi connectivity index (χ2v) is 5.29. The highest BCUT2D eigenvalue weighted by Crippen LogP contribution is 2.26. The Labute approximate surface area is 151 Å². The third kappa shape index (κ3) is 4.06. The molecule has 0 radical (unpaired) electrons. The minimum absolute atomic E-state index is 0.000269. The maximum atomic E-state index is 13.8. The second-order valence-electron chi connectivity index (χ2n) is 5.29. The average molecular weight is 374 g/mol. The van der Waals surface area contributed by atoms with E-state index in [2.05, 4.69) is 26.1 Å². The molecule has 1 heterocycles. The summed E-state index contributed by atoms with van der Waals surface area (Å²) in [6, 6.07) is 8.36. The molecule has 0 bridgehead atoms. The largest absolute Gasteiger partial charge is 0.393 e. The van der Waals surface area contributed by atoms with E-state index >= 15 is 0 Å². The Bertz CT molecular complexity index is 998. The summed E-state index contributed by atoms with van der Waals surface area (Å²) < 4.78 is 40.3. The van der Waals surface area contributed by atoms with Crippen LogP contribution in [0.3, 0.4) is 0 Å². The molecule has 10 heteroatoms. The van der Waals surface area contributed by atoms with Crippen LogP contribution in [0.1, 0.15) is 10.4 Å². The monoisotopic (exact) mass is 374 g/mol. The van der Waals surface area contributed by atoms with Gasteiger partial charge in [0.2, 0.25) is 0 Å². The molecule has 1 aromatic heterocycles. The fraction of sp³-hybridized carbons (Fsp3) is 0. The summed E-state index contributed by atoms with van der Waals surface area (Å²) in [5.41, 5.74) is 10.3. The van der Waals surface area contributed by atoms with Crippen molar-refractivity contribution in [3.63, 3.8) is 0 Å². The van der Waals surface area contributed by atoms with Gasteiger partial charge in [-0.15, -0.1) is 0 Å². The number of hydrazine groups is 1. The maximum Gasteiger partial charge on any atom is 0.272 e. The number of nitrogens with two attached hydrogens (primary N) is 1. The fourth-order valence-corrected chi connectivity index (χ4v) is 2.14. The van der Waals surface area contributed by atoms with Crippen LogP contribution in [0.25, 0.3) is 0 Å². The van der Waals surface area contributed by atoms with E-state index in [1.165, 1.54) is 24.3 Å². The zero-order valence-corrected chi connectivity index (χ0v) is 13.6. The van der Waals surface area contributed by atoms with Crippen molar-refractivity contribution in [2.75, 3.05) is 16.5 Å². The Balaban J connectivity index is 1.75. The van der Waals surface area contributed by atoms with E-state index in [0.29, 0.717) is 6.07 Å². The summed E-state index contributed by atoms with van der Waals surface area (Å²) in [7, 11) is 0. The molecule has 1 amide bonds. The van der Waals surface area contributed by atoms with Crippen molar-refractivity contribution in [3.05, 3.63) is 71.8 Å². The van der Waals surface area contributed by atoms with Crippen molar-refractivity contribution in [3.8, 4) is 0 Å². The molecule has 0 aliphatic carbocycles. The Morgan fingerprint density at radius 3 is 2.44 bits per heavy atom. The predicted molar refractivity (Wildman–Crippen MR) is 93.6 cm³/mol. The molecular formula is C17H13F3N6O. The Morgan fingerprint density at radius 1 is 0.963 bits per heavy atom. The number of halogens is 3. The number of benzene rings is 2. The lowest BCUT2D eigenvalue weighted by atomic mass is 10.2. The summed E-state index contributed by atoms with van der Waals surface area (Å²) in [6.07, 6.45) is 1.11. The standard InChI is InChI=1S/C17H13F3N6O/c18-9-5-6-13(12(20)7-9)24-15-14(21)16(23-8-22-15)25-26-17(27)10-3-1-2-4-11(10)19/h1-8H,21H2,(H,26,27)(H2,22,23,24,25). The highest BCUT2D eigenvalue weighted by atomic mass is 19.1. The van der Waals surface area contributed by atoms with E-state index in [1.54, 1.807) is 0 Å². The van der Waals surface area contributed by atoms with Crippen molar-refractivity contribution in [2.24, 2.45) is 0 Å². The van der Waals surface area contributed by atoms with Gasteiger partial charge in [0.25, 0.3) is 5.91 Å². The van der Waals surface area contributed by atoms with Crippen molar-refractivity contribution in [2.45, 2.75) is 0 Å². The molecule has 5 N–H and O–H groups in total. The Kier molecular flexibility index (Phi) is 5.06. The van der Waals surface area contributed by atoms with Gasteiger partial charge in [0.1, 0.15) is 29.5 Å². The van der Waals surface area contributed by atoms with E-state index in [0.717, 1.165) is 18.5 Å². The number of anilines is 4. The van der Waals surface area contributed by atoms with E-state index in [1.807, 2.05) is 0 Å². The molecule has 0 aliphatic heterocycles. The lowest BCUT2D eigenvalue weighted by Gasteiger charge is -2.13. The van der Waals surface area contributed by atoms with Crippen LogP contribution in [-0.4, -0.2) is 15.9 Å². The number of aromatic nitrogens is 2. The van der Waals surface area contributed by atoms with Crippen molar-refractivity contribution in [1.29, 1.82) is 0 Å². The van der Waals surface area contributed by atoms with Crippen molar-refractivity contribution >= 4 is 28.9 Å². The van der Waals surface area contributed by atoms with Crippen LogP contribution in [0, 0.1) is 17.5 Å². The van der Waals surface area contributed by atoms with Crippen LogP contribution in [0.5, 0.6) is 0 Å². The maximum absolute atomic E-state index is 13.8. The quantitative estimate of drug-likeness (QED) is 0.512. The lowest BCUT2D eigenvalue weighted by Crippen LogP contribution is -2.31. The molecule has 27 heavy (non-hydrogen) atoms. The number of nitrogen functional groups attached to an aromatic ring is 1. The first-order valence-corrected chi connectivity index (χ1v) is 7.59. The zero-order valence-electron chi connectivity index (χ0n) is 13.6. The number of carbonyl (C=O) groups excluding carboxylic acids is 1. The fourth-order valence-electron chi connectivity index (χ4n) is 2.14. The van der Waals surface area contributed by atoms with Gasteiger partial charge in [-0.1, -0.05) is 12.1 Å². The van der Waals surface area contributed by atoms with E-state index in [9.17, 15) is 18.0 Å². The van der Waals surface area contributed by atoms with Crippen LogP contribution >= 0.6 is 0 Å². The molecule has 0 aliphatic rings. The Morgan fingerprint density at radius 2 is 1.70 bits per heavy atom.